The maximum atomic E-state index is 12.8. The van der Waals surface area contributed by atoms with E-state index in [0.29, 0.717) is 17.3 Å². The molecule has 3 atom stereocenters. The van der Waals surface area contributed by atoms with Crippen molar-refractivity contribution >= 4 is 11.7 Å². The van der Waals surface area contributed by atoms with Gasteiger partial charge in [-0.25, -0.2) is 4.98 Å². The Morgan fingerprint density at radius 3 is 2.85 bits per heavy atom. The summed E-state index contributed by atoms with van der Waals surface area (Å²) in [7, 11) is 0. The van der Waals surface area contributed by atoms with E-state index in [9.17, 15) is 9.90 Å². The lowest BCUT2D eigenvalue weighted by atomic mass is 10.1. The molecule has 2 fully saturated rings. The molecule has 138 valence electrons. The summed E-state index contributed by atoms with van der Waals surface area (Å²) in [5.41, 5.74) is 0.595. The molecule has 1 saturated carbocycles. The van der Waals surface area contributed by atoms with Gasteiger partial charge in [-0.15, -0.1) is 0 Å². The Hall–Kier alpha value is -2.41. The van der Waals surface area contributed by atoms with Crippen LogP contribution in [0.3, 0.4) is 0 Å². The molecule has 0 aromatic carbocycles. The summed E-state index contributed by atoms with van der Waals surface area (Å²) in [6, 6.07) is 5.42. The van der Waals surface area contributed by atoms with Crippen molar-refractivity contribution in [3.8, 4) is 0 Å². The van der Waals surface area contributed by atoms with Gasteiger partial charge in [0.25, 0.3) is 5.91 Å². The highest BCUT2D eigenvalue weighted by molar-refractivity contribution is 5.98. The molecule has 4 rings (SSSR count). The van der Waals surface area contributed by atoms with Crippen LogP contribution in [0.1, 0.15) is 36.0 Å². The Labute approximate surface area is 153 Å². The molecule has 2 aliphatic rings. The minimum Gasteiger partial charge on any atom is -0.391 e. The largest absolute Gasteiger partial charge is 0.391 e. The van der Waals surface area contributed by atoms with Gasteiger partial charge in [-0.1, -0.05) is 0 Å². The molecule has 7 heteroatoms. The number of hydrogen-bond donors (Lipinski definition) is 2. The molecule has 1 amide bonds. The summed E-state index contributed by atoms with van der Waals surface area (Å²) in [5.74, 6) is 0.954. The number of anilines is 1. The van der Waals surface area contributed by atoms with Gasteiger partial charge in [-0.3, -0.25) is 9.48 Å². The van der Waals surface area contributed by atoms with Gasteiger partial charge in [0.1, 0.15) is 5.82 Å². The summed E-state index contributed by atoms with van der Waals surface area (Å²) in [6.45, 7) is 2.42. The van der Waals surface area contributed by atoms with E-state index in [1.54, 1.807) is 18.5 Å². The minimum atomic E-state index is -0.452. The SMILES string of the molecule is O=C(c1cccnc1N[C@@H]1CC(Cn2cccn2)C[C@H]1O)N1CCCC1. The van der Waals surface area contributed by atoms with Gasteiger partial charge in [0.2, 0.25) is 0 Å². The summed E-state index contributed by atoms with van der Waals surface area (Å²) >= 11 is 0. The number of nitrogens with zero attached hydrogens (tertiary/aromatic N) is 4. The molecule has 1 unspecified atom stereocenters. The topological polar surface area (TPSA) is 83.3 Å². The number of nitrogens with one attached hydrogen (secondary N) is 1. The number of carbonyl (C=O) groups is 1. The number of amides is 1. The third kappa shape index (κ3) is 3.58. The molecular formula is C19H25N5O2. The van der Waals surface area contributed by atoms with Crippen molar-refractivity contribution in [2.45, 2.75) is 44.4 Å². The summed E-state index contributed by atoms with van der Waals surface area (Å²) in [5, 5.41) is 18.1. The Kier molecular flexibility index (Phi) is 4.88. The zero-order valence-corrected chi connectivity index (χ0v) is 14.8. The maximum Gasteiger partial charge on any atom is 0.257 e. The average Bonchev–Trinajstić information content (AvgIpc) is 3.39. The van der Waals surface area contributed by atoms with E-state index in [1.165, 1.54) is 0 Å². The third-order valence-electron chi connectivity index (χ3n) is 5.38. The molecule has 3 heterocycles. The highest BCUT2D eigenvalue weighted by Gasteiger charge is 2.34. The van der Waals surface area contributed by atoms with E-state index in [4.69, 9.17) is 0 Å². The number of pyridine rings is 1. The van der Waals surface area contributed by atoms with E-state index in [2.05, 4.69) is 15.4 Å². The molecule has 2 aromatic rings. The fourth-order valence-corrected chi connectivity index (χ4v) is 4.05. The molecule has 2 aromatic heterocycles. The summed E-state index contributed by atoms with van der Waals surface area (Å²) in [4.78, 5) is 19.0. The lowest BCUT2D eigenvalue weighted by Crippen LogP contribution is -2.32. The Morgan fingerprint density at radius 1 is 1.23 bits per heavy atom. The number of hydrogen-bond acceptors (Lipinski definition) is 5. The normalized spacial score (nSPS) is 25.6. The van der Waals surface area contributed by atoms with Crippen LogP contribution in [0.4, 0.5) is 5.82 Å². The van der Waals surface area contributed by atoms with Crippen molar-refractivity contribution in [3.63, 3.8) is 0 Å². The van der Waals surface area contributed by atoms with Gasteiger partial charge in [0.05, 0.1) is 17.7 Å². The fraction of sp³-hybridized carbons (Fsp3) is 0.526. The molecular weight excluding hydrogens is 330 g/mol. The number of rotatable bonds is 5. The van der Waals surface area contributed by atoms with E-state index < -0.39 is 6.10 Å². The quantitative estimate of drug-likeness (QED) is 0.854. The zero-order chi connectivity index (χ0) is 17.9. The highest BCUT2D eigenvalue weighted by atomic mass is 16.3. The predicted octanol–water partition coefficient (Wildman–Crippen LogP) is 1.77. The highest BCUT2D eigenvalue weighted by Crippen LogP contribution is 2.30. The number of aliphatic hydroxyl groups excluding tert-OH is 1. The van der Waals surface area contributed by atoms with Gasteiger partial charge in [-0.2, -0.15) is 5.10 Å². The van der Waals surface area contributed by atoms with Crippen LogP contribution in [0, 0.1) is 5.92 Å². The zero-order valence-electron chi connectivity index (χ0n) is 14.8. The molecule has 1 aliphatic carbocycles. The first kappa shape index (κ1) is 17.0. The number of aromatic nitrogens is 3. The molecule has 0 bridgehead atoms. The fourth-order valence-electron chi connectivity index (χ4n) is 4.05. The van der Waals surface area contributed by atoms with Crippen molar-refractivity contribution in [2.24, 2.45) is 5.92 Å². The molecule has 2 N–H and O–H groups in total. The standard InChI is InChI=1S/C19H25N5O2/c25-17-12-14(13-24-10-4-7-21-24)11-16(17)22-18-15(5-3-6-20-18)19(26)23-8-1-2-9-23/h3-7,10,14,16-17,25H,1-2,8-9,11-13H2,(H,20,22)/t14?,16-,17-/m1/s1. The van der Waals surface area contributed by atoms with Gasteiger partial charge in [0.15, 0.2) is 0 Å². The number of aliphatic hydroxyl groups is 1. The molecule has 26 heavy (non-hydrogen) atoms. The van der Waals surface area contributed by atoms with E-state index in [0.717, 1.165) is 45.3 Å². The molecule has 0 spiro atoms. The number of likely N-dealkylation sites (tertiary alicyclic amines) is 1. The lowest BCUT2D eigenvalue weighted by Gasteiger charge is -2.21. The monoisotopic (exact) mass is 355 g/mol. The molecule has 7 nitrogen and oxygen atoms in total. The summed E-state index contributed by atoms with van der Waals surface area (Å²) in [6.07, 6.45) is 8.62. The Morgan fingerprint density at radius 2 is 2.08 bits per heavy atom. The molecule has 1 saturated heterocycles. The second-order valence-corrected chi connectivity index (χ2v) is 7.28. The lowest BCUT2D eigenvalue weighted by molar-refractivity contribution is 0.0793. The smallest absolute Gasteiger partial charge is 0.257 e. The average molecular weight is 355 g/mol. The van der Waals surface area contributed by atoms with Crippen LogP contribution in [-0.4, -0.2) is 55.9 Å². The van der Waals surface area contributed by atoms with Crippen LogP contribution in [0.15, 0.2) is 36.8 Å². The van der Waals surface area contributed by atoms with Gasteiger partial charge < -0.3 is 15.3 Å². The van der Waals surface area contributed by atoms with Crippen LogP contribution in [0.5, 0.6) is 0 Å². The third-order valence-corrected chi connectivity index (χ3v) is 5.38. The van der Waals surface area contributed by atoms with Gasteiger partial charge in [-0.05, 0) is 49.8 Å². The van der Waals surface area contributed by atoms with Crippen molar-refractivity contribution in [2.75, 3.05) is 18.4 Å². The van der Waals surface area contributed by atoms with Crippen LogP contribution in [0.2, 0.25) is 0 Å². The van der Waals surface area contributed by atoms with Crippen LogP contribution < -0.4 is 5.32 Å². The Bertz CT molecular complexity index is 742. The van der Waals surface area contributed by atoms with Crippen molar-refractivity contribution in [1.29, 1.82) is 0 Å². The first-order chi connectivity index (χ1) is 12.7. The minimum absolute atomic E-state index is 0.0266. The molecule has 1 aliphatic heterocycles. The van der Waals surface area contributed by atoms with Crippen molar-refractivity contribution < 1.29 is 9.90 Å². The van der Waals surface area contributed by atoms with E-state index in [-0.39, 0.29) is 11.9 Å². The van der Waals surface area contributed by atoms with Crippen LogP contribution in [0.25, 0.3) is 0 Å². The van der Waals surface area contributed by atoms with Gasteiger partial charge in [0, 0.05) is 38.2 Å². The Balaban J connectivity index is 1.44. The predicted molar refractivity (Wildman–Crippen MR) is 97.7 cm³/mol. The van der Waals surface area contributed by atoms with Crippen molar-refractivity contribution in [3.05, 3.63) is 42.4 Å². The van der Waals surface area contributed by atoms with E-state index in [1.807, 2.05) is 27.9 Å². The molecule has 0 radical (unpaired) electrons. The number of carbonyl (C=O) groups excluding carboxylic acids is 1. The second kappa shape index (κ2) is 7.45. The van der Waals surface area contributed by atoms with Crippen molar-refractivity contribution in [1.82, 2.24) is 19.7 Å². The summed E-state index contributed by atoms with van der Waals surface area (Å²) < 4.78 is 1.91. The second-order valence-electron chi connectivity index (χ2n) is 7.28. The first-order valence-corrected chi connectivity index (χ1v) is 9.37. The van der Waals surface area contributed by atoms with Crippen LogP contribution in [-0.2, 0) is 6.54 Å². The maximum absolute atomic E-state index is 12.8. The first-order valence-electron chi connectivity index (χ1n) is 9.37. The van der Waals surface area contributed by atoms with Gasteiger partial charge >= 0.3 is 0 Å². The van der Waals surface area contributed by atoms with Crippen LogP contribution >= 0.6 is 0 Å². The van der Waals surface area contributed by atoms with E-state index >= 15 is 0 Å².